The molecule has 0 unspecified atom stereocenters. The molecule has 1 heteroatoms. The van der Waals surface area contributed by atoms with Crippen LogP contribution < -0.4 is 4.74 Å². The zero-order chi connectivity index (χ0) is 16.7. The molecule has 0 radical (unpaired) electrons. The first-order chi connectivity index (χ1) is 11.7. The predicted octanol–water partition coefficient (Wildman–Crippen LogP) is 6.09. The Labute approximate surface area is 143 Å². The van der Waals surface area contributed by atoms with E-state index in [4.69, 9.17) is 4.74 Å². The fourth-order valence-corrected chi connectivity index (χ4v) is 4.26. The highest BCUT2D eigenvalue weighted by molar-refractivity contribution is 5.64. The molecule has 0 amide bonds. The van der Waals surface area contributed by atoms with Gasteiger partial charge in [-0.1, -0.05) is 74.5 Å². The molecule has 0 fully saturated rings. The van der Waals surface area contributed by atoms with E-state index in [-0.39, 0.29) is 5.41 Å². The van der Waals surface area contributed by atoms with Crippen molar-refractivity contribution in [3.8, 4) is 11.5 Å². The number of para-hydroxylation sites is 2. The van der Waals surface area contributed by atoms with Gasteiger partial charge < -0.3 is 4.74 Å². The van der Waals surface area contributed by atoms with Gasteiger partial charge in [0.05, 0.1) is 5.41 Å². The second-order valence-electron chi connectivity index (χ2n) is 6.87. The molecule has 0 aliphatic carbocycles. The summed E-state index contributed by atoms with van der Waals surface area (Å²) in [5.74, 6) is 2.33. The van der Waals surface area contributed by atoms with E-state index in [1.165, 1.54) is 22.3 Å². The van der Waals surface area contributed by atoms with E-state index in [0.29, 0.717) is 5.92 Å². The van der Waals surface area contributed by atoms with E-state index in [0.717, 1.165) is 11.5 Å². The lowest BCUT2D eigenvalue weighted by Gasteiger charge is -2.44. The lowest BCUT2D eigenvalue weighted by molar-refractivity contribution is 0.360. The third-order valence-corrected chi connectivity index (χ3v) is 5.28. The van der Waals surface area contributed by atoms with Crippen LogP contribution in [0.2, 0.25) is 0 Å². The van der Waals surface area contributed by atoms with E-state index in [1.807, 2.05) is 0 Å². The summed E-state index contributed by atoms with van der Waals surface area (Å²) in [6.45, 7) is 6.83. The van der Waals surface area contributed by atoms with Crippen LogP contribution in [0.1, 0.15) is 36.1 Å². The van der Waals surface area contributed by atoms with Gasteiger partial charge in [-0.3, -0.25) is 0 Å². The molecule has 120 valence electrons. The zero-order valence-corrected chi connectivity index (χ0v) is 14.4. The van der Waals surface area contributed by atoms with Crippen LogP contribution in [0.15, 0.2) is 72.8 Å². The van der Waals surface area contributed by atoms with Crippen molar-refractivity contribution in [2.45, 2.75) is 26.2 Å². The molecule has 0 N–H and O–H groups in total. The SMILES string of the molecule is Cc1ccccc1C1(C(C)C)c2ccccc2Oc2ccccc21. The molecule has 4 rings (SSSR count). The number of hydrogen-bond donors (Lipinski definition) is 0. The zero-order valence-electron chi connectivity index (χ0n) is 14.4. The van der Waals surface area contributed by atoms with Crippen molar-refractivity contribution in [1.82, 2.24) is 0 Å². The Morgan fingerprint density at radius 1 is 0.667 bits per heavy atom. The first-order valence-corrected chi connectivity index (χ1v) is 8.58. The van der Waals surface area contributed by atoms with Crippen LogP contribution in [-0.2, 0) is 5.41 Å². The monoisotopic (exact) mass is 314 g/mol. The summed E-state index contributed by atoms with van der Waals surface area (Å²) in [5, 5.41) is 0. The minimum atomic E-state index is -0.198. The molecule has 1 heterocycles. The first-order valence-electron chi connectivity index (χ1n) is 8.58. The maximum Gasteiger partial charge on any atom is 0.131 e. The van der Waals surface area contributed by atoms with Gasteiger partial charge in [-0.2, -0.15) is 0 Å². The van der Waals surface area contributed by atoms with E-state index in [1.54, 1.807) is 0 Å². The van der Waals surface area contributed by atoms with Crippen molar-refractivity contribution in [2.75, 3.05) is 0 Å². The summed E-state index contributed by atoms with van der Waals surface area (Å²) in [7, 11) is 0. The summed E-state index contributed by atoms with van der Waals surface area (Å²) in [5.41, 5.74) is 5.00. The highest BCUT2D eigenvalue weighted by Crippen LogP contribution is 2.55. The molecule has 0 saturated carbocycles. The lowest BCUT2D eigenvalue weighted by atomic mass is 9.60. The number of ether oxygens (including phenoxy) is 1. The van der Waals surface area contributed by atoms with Gasteiger partial charge >= 0.3 is 0 Å². The first kappa shape index (κ1) is 15.0. The largest absolute Gasteiger partial charge is 0.457 e. The number of hydrogen-bond acceptors (Lipinski definition) is 1. The van der Waals surface area contributed by atoms with Crippen LogP contribution in [0, 0.1) is 12.8 Å². The standard InChI is InChI=1S/C23H22O/c1-16(2)23(18-11-5-4-10-17(18)3)19-12-6-8-14-21(19)24-22-15-9-7-13-20(22)23/h4-16H,1-3H3. The van der Waals surface area contributed by atoms with Gasteiger partial charge in [0.2, 0.25) is 0 Å². The molecule has 3 aromatic carbocycles. The summed E-state index contributed by atoms with van der Waals surface area (Å²) in [4.78, 5) is 0. The Morgan fingerprint density at radius 2 is 1.12 bits per heavy atom. The van der Waals surface area contributed by atoms with Gasteiger partial charge in [-0.05, 0) is 36.1 Å². The Balaban J connectivity index is 2.16. The summed E-state index contributed by atoms with van der Waals surface area (Å²) >= 11 is 0. The molecule has 1 nitrogen and oxygen atoms in total. The Hall–Kier alpha value is -2.54. The highest BCUT2D eigenvalue weighted by atomic mass is 16.5. The van der Waals surface area contributed by atoms with Crippen LogP contribution in [0.5, 0.6) is 11.5 Å². The van der Waals surface area contributed by atoms with E-state index in [2.05, 4.69) is 93.6 Å². The Kier molecular flexibility index (Phi) is 3.45. The minimum Gasteiger partial charge on any atom is -0.457 e. The normalized spacial score (nSPS) is 14.7. The summed E-state index contributed by atoms with van der Waals surface area (Å²) < 4.78 is 6.24. The molecular formula is C23H22O. The Bertz CT molecular complexity index is 828. The number of rotatable bonds is 2. The fourth-order valence-electron chi connectivity index (χ4n) is 4.26. The molecular weight excluding hydrogens is 292 g/mol. The third-order valence-electron chi connectivity index (χ3n) is 5.28. The van der Waals surface area contributed by atoms with E-state index in [9.17, 15) is 0 Å². The molecule has 0 spiro atoms. The number of benzene rings is 3. The predicted molar refractivity (Wildman–Crippen MR) is 98.9 cm³/mol. The van der Waals surface area contributed by atoms with E-state index >= 15 is 0 Å². The molecule has 1 aliphatic heterocycles. The van der Waals surface area contributed by atoms with Crippen molar-refractivity contribution in [1.29, 1.82) is 0 Å². The van der Waals surface area contributed by atoms with E-state index < -0.39 is 0 Å². The van der Waals surface area contributed by atoms with Gasteiger partial charge in [-0.25, -0.2) is 0 Å². The maximum absolute atomic E-state index is 6.24. The lowest BCUT2D eigenvalue weighted by Crippen LogP contribution is -2.38. The van der Waals surface area contributed by atoms with Crippen LogP contribution in [0.25, 0.3) is 0 Å². The quantitative estimate of drug-likeness (QED) is 0.556. The van der Waals surface area contributed by atoms with Gasteiger partial charge in [0.1, 0.15) is 11.5 Å². The summed E-state index contributed by atoms with van der Waals surface area (Å²) in [6.07, 6.45) is 0. The van der Waals surface area contributed by atoms with Gasteiger partial charge in [-0.15, -0.1) is 0 Å². The molecule has 0 bridgehead atoms. The smallest absolute Gasteiger partial charge is 0.131 e. The maximum atomic E-state index is 6.24. The van der Waals surface area contributed by atoms with Crippen molar-refractivity contribution >= 4 is 0 Å². The second kappa shape index (κ2) is 5.52. The van der Waals surface area contributed by atoms with Crippen LogP contribution >= 0.6 is 0 Å². The molecule has 1 aliphatic rings. The van der Waals surface area contributed by atoms with Gasteiger partial charge in [0.25, 0.3) is 0 Å². The highest BCUT2D eigenvalue weighted by Gasteiger charge is 2.46. The van der Waals surface area contributed by atoms with Crippen molar-refractivity contribution in [3.05, 3.63) is 95.1 Å². The number of fused-ring (bicyclic) bond motifs is 2. The minimum absolute atomic E-state index is 0.198. The molecule has 24 heavy (non-hydrogen) atoms. The van der Waals surface area contributed by atoms with Crippen molar-refractivity contribution in [3.63, 3.8) is 0 Å². The van der Waals surface area contributed by atoms with Crippen LogP contribution in [-0.4, -0.2) is 0 Å². The van der Waals surface area contributed by atoms with Crippen LogP contribution in [0.4, 0.5) is 0 Å². The average molecular weight is 314 g/mol. The fraction of sp³-hybridized carbons (Fsp3) is 0.217. The Morgan fingerprint density at radius 3 is 1.62 bits per heavy atom. The third kappa shape index (κ3) is 1.94. The van der Waals surface area contributed by atoms with Gasteiger partial charge in [0, 0.05) is 11.1 Å². The molecule has 0 saturated heterocycles. The number of aryl methyl sites for hydroxylation is 1. The topological polar surface area (TPSA) is 9.23 Å². The van der Waals surface area contributed by atoms with Gasteiger partial charge in [0.15, 0.2) is 0 Å². The van der Waals surface area contributed by atoms with Crippen LogP contribution in [0.3, 0.4) is 0 Å². The molecule has 3 aromatic rings. The van der Waals surface area contributed by atoms with Crippen molar-refractivity contribution < 1.29 is 4.74 Å². The summed E-state index contributed by atoms with van der Waals surface area (Å²) in [6, 6.07) is 25.7. The molecule has 0 aromatic heterocycles. The second-order valence-corrected chi connectivity index (χ2v) is 6.87. The average Bonchev–Trinajstić information content (AvgIpc) is 2.60. The molecule has 0 atom stereocenters. The van der Waals surface area contributed by atoms with Crippen molar-refractivity contribution in [2.24, 2.45) is 5.92 Å².